The van der Waals surface area contributed by atoms with Crippen LogP contribution in [0.4, 0.5) is 13.2 Å². The molecule has 0 rings (SSSR count). The van der Waals surface area contributed by atoms with Gasteiger partial charge in [-0.25, -0.2) is 0 Å². The normalized spacial score (nSPS) is 9.82. The number of halogens is 3. The van der Waals surface area contributed by atoms with Crippen LogP contribution >= 0.6 is 0 Å². The molecule has 0 aromatic heterocycles. The molecule has 0 saturated carbocycles. The fourth-order valence-corrected chi connectivity index (χ4v) is 0.266. The smallest absolute Gasteiger partial charge is 0.334 e. The molecule has 0 N–H and O–H groups in total. The van der Waals surface area contributed by atoms with Crippen molar-refractivity contribution in [2.24, 2.45) is 0 Å². The minimum atomic E-state index is -4.92. The molecule has 0 unspecified atom stereocenters. The molecule has 0 bridgehead atoms. The predicted molar refractivity (Wildman–Crippen MR) is 26.0 cm³/mol. The van der Waals surface area contributed by atoms with Gasteiger partial charge >= 0.3 is 6.18 Å². The molecule has 0 saturated heterocycles. The molecule has 1 radical (unpaired) electrons. The van der Waals surface area contributed by atoms with E-state index in [4.69, 9.17) is 0 Å². The zero-order chi connectivity index (χ0) is 8.36. The van der Waals surface area contributed by atoms with Crippen molar-refractivity contribution >= 4 is 11.6 Å². The number of carbonyl (C=O) groups excluding carboxylic acids is 2. The van der Waals surface area contributed by atoms with Gasteiger partial charge in [0.2, 0.25) is 0 Å². The minimum Gasteiger partial charge on any atom is -0.334 e. The van der Waals surface area contributed by atoms with E-state index in [0.717, 1.165) is 6.92 Å². The molecule has 6 heteroatoms. The van der Waals surface area contributed by atoms with Crippen molar-refractivity contribution in [3.8, 4) is 0 Å². The fraction of sp³-hybridized carbons (Fsp3) is 0.400. The molecule has 0 spiro atoms. The summed E-state index contributed by atoms with van der Waals surface area (Å²) in [7, 11) is 0. The molecule has 2 nitrogen and oxygen atoms in total. The summed E-state index contributed by atoms with van der Waals surface area (Å²) in [6.07, 6.45) is -4.91. The van der Waals surface area contributed by atoms with Crippen LogP contribution in [0.25, 0.3) is 0 Å². The Morgan fingerprint density at radius 2 is 1.64 bits per heavy atom. The first-order chi connectivity index (χ1) is 4.34. The molecular formula is C5H4CoF3O2-. The summed E-state index contributed by atoms with van der Waals surface area (Å²) in [6, 6.07) is 0. The van der Waals surface area contributed by atoms with Crippen molar-refractivity contribution in [1.82, 2.24) is 0 Å². The Balaban J connectivity index is 0. The summed E-state index contributed by atoms with van der Waals surface area (Å²) in [6.45, 7) is 0.879. The maximum atomic E-state index is 11.3. The second kappa shape index (κ2) is 4.40. The molecule has 0 amide bonds. The third-order valence-corrected chi connectivity index (χ3v) is 0.614. The van der Waals surface area contributed by atoms with Crippen LogP contribution in [-0.4, -0.2) is 17.7 Å². The number of hydrogen-bond acceptors (Lipinski definition) is 2. The van der Waals surface area contributed by atoms with E-state index in [9.17, 15) is 22.8 Å². The van der Waals surface area contributed by atoms with Gasteiger partial charge in [-0.1, -0.05) is 0 Å². The number of ketones is 2. The molecule has 0 aliphatic carbocycles. The number of Topliss-reactive ketones (excluding diaryl/α,β-unsaturated/α-hetero) is 2. The van der Waals surface area contributed by atoms with Crippen LogP contribution < -0.4 is 0 Å². The van der Waals surface area contributed by atoms with E-state index in [-0.39, 0.29) is 23.2 Å². The number of rotatable bonds is 2. The molecule has 0 atom stereocenters. The second-order valence-corrected chi connectivity index (χ2v) is 1.62. The zero-order valence-electron chi connectivity index (χ0n) is 5.36. The van der Waals surface area contributed by atoms with Crippen molar-refractivity contribution in [2.45, 2.75) is 13.1 Å². The number of hydrogen-bond donors (Lipinski definition) is 0. The van der Waals surface area contributed by atoms with E-state index in [1.807, 2.05) is 0 Å². The van der Waals surface area contributed by atoms with Crippen LogP contribution in [0.3, 0.4) is 0 Å². The van der Waals surface area contributed by atoms with Crippen LogP contribution in [0.15, 0.2) is 0 Å². The van der Waals surface area contributed by atoms with E-state index in [1.54, 1.807) is 0 Å². The Kier molecular flexibility index (Phi) is 5.25. The standard InChI is InChI=1S/C5H4F3O2.Co/c1-3(9)2-4(10)5(6,7)8;/h2H,1H3;/q-1;. The van der Waals surface area contributed by atoms with Crippen LogP contribution in [0.1, 0.15) is 6.92 Å². The SMILES string of the molecule is CC(=O)[CH-]C(=O)C(F)(F)F.[Co]. The van der Waals surface area contributed by atoms with Crippen LogP contribution in [0.2, 0.25) is 0 Å². The summed E-state index contributed by atoms with van der Waals surface area (Å²) in [5.74, 6) is -3.01. The third kappa shape index (κ3) is 5.93. The summed E-state index contributed by atoms with van der Waals surface area (Å²) in [4.78, 5) is 19.8. The summed E-state index contributed by atoms with van der Waals surface area (Å²) >= 11 is 0. The molecule has 0 aliphatic heterocycles. The van der Waals surface area contributed by atoms with Crippen molar-refractivity contribution in [1.29, 1.82) is 0 Å². The van der Waals surface area contributed by atoms with Gasteiger partial charge in [-0.3, -0.25) is 6.42 Å². The topological polar surface area (TPSA) is 34.1 Å². The number of carbonyl (C=O) groups is 2. The molecular weight excluding hydrogens is 208 g/mol. The first kappa shape index (κ1) is 13.1. The summed E-state index contributed by atoms with van der Waals surface area (Å²) in [5.41, 5.74) is 0. The quantitative estimate of drug-likeness (QED) is 0.503. The first-order valence-electron chi connectivity index (χ1n) is 2.30. The van der Waals surface area contributed by atoms with Gasteiger partial charge in [0, 0.05) is 22.6 Å². The van der Waals surface area contributed by atoms with E-state index >= 15 is 0 Å². The van der Waals surface area contributed by atoms with Crippen LogP contribution in [-0.2, 0) is 26.4 Å². The van der Waals surface area contributed by atoms with Crippen molar-refractivity contribution in [3.05, 3.63) is 6.42 Å². The van der Waals surface area contributed by atoms with E-state index < -0.39 is 17.7 Å². The first-order valence-corrected chi connectivity index (χ1v) is 2.30. The Bertz CT molecular complexity index is 164. The minimum absolute atomic E-state index is 0. The van der Waals surface area contributed by atoms with Gasteiger partial charge in [0.25, 0.3) is 0 Å². The summed E-state index contributed by atoms with van der Waals surface area (Å²) in [5, 5.41) is 0. The van der Waals surface area contributed by atoms with Gasteiger partial charge in [-0.05, 0) is 6.92 Å². The van der Waals surface area contributed by atoms with E-state index in [1.165, 1.54) is 0 Å². The van der Waals surface area contributed by atoms with Gasteiger partial charge in [0.05, 0.1) is 0 Å². The maximum Gasteiger partial charge on any atom is 0.421 e. The third-order valence-electron chi connectivity index (χ3n) is 0.614. The van der Waals surface area contributed by atoms with Crippen molar-refractivity contribution in [3.63, 3.8) is 0 Å². The van der Waals surface area contributed by atoms with Gasteiger partial charge < -0.3 is 9.59 Å². The fourth-order valence-electron chi connectivity index (χ4n) is 0.266. The molecule has 67 valence electrons. The van der Waals surface area contributed by atoms with Gasteiger partial charge in [0.1, 0.15) is 5.78 Å². The molecule has 11 heavy (non-hydrogen) atoms. The van der Waals surface area contributed by atoms with Crippen molar-refractivity contribution in [2.75, 3.05) is 0 Å². The average Bonchev–Trinajstić information content (AvgIpc) is 1.60. The van der Waals surface area contributed by atoms with E-state index in [0.29, 0.717) is 0 Å². The van der Waals surface area contributed by atoms with Crippen LogP contribution in [0, 0.1) is 6.42 Å². The van der Waals surface area contributed by atoms with Gasteiger partial charge in [-0.2, -0.15) is 13.2 Å². The van der Waals surface area contributed by atoms with Gasteiger partial charge in [-0.15, -0.1) is 0 Å². The van der Waals surface area contributed by atoms with Gasteiger partial charge in [0.15, 0.2) is 0 Å². The zero-order valence-corrected chi connectivity index (χ0v) is 6.40. The Morgan fingerprint density at radius 3 is 1.73 bits per heavy atom. The molecule has 0 aliphatic rings. The van der Waals surface area contributed by atoms with Crippen LogP contribution in [0.5, 0.6) is 0 Å². The average molecular weight is 212 g/mol. The van der Waals surface area contributed by atoms with E-state index in [2.05, 4.69) is 0 Å². The Morgan fingerprint density at radius 1 is 1.27 bits per heavy atom. The molecule has 0 heterocycles. The second-order valence-electron chi connectivity index (χ2n) is 1.62. The monoisotopic (exact) mass is 212 g/mol. The Labute approximate surface area is 71.3 Å². The molecule has 0 aromatic rings. The summed E-state index contributed by atoms with van der Waals surface area (Å²) < 4.78 is 33.8. The largest absolute Gasteiger partial charge is 0.421 e. The molecule has 0 fully saturated rings. The predicted octanol–water partition coefficient (Wildman–Crippen LogP) is 0.909. The molecule has 0 aromatic carbocycles. The van der Waals surface area contributed by atoms with Crippen molar-refractivity contribution < 1.29 is 39.5 Å². The Hall–Kier alpha value is -0.494. The maximum absolute atomic E-state index is 11.3. The number of alkyl halides is 3.